The number of hydrogen-bond donors (Lipinski definition) is 1. The lowest BCUT2D eigenvalue weighted by Crippen LogP contribution is -2.43. The monoisotopic (exact) mass is 379 g/mol. The maximum Gasteiger partial charge on any atom is 0.406 e. The first-order valence-corrected chi connectivity index (χ1v) is 7.07. The van der Waals surface area contributed by atoms with Crippen LogP contribution in [0, 0.1) is 5.82 Å². The van der Waals surface area contributed by atoms with Gasteiger partial charge in [-0.15, -0.1) is 0 Å². The third-order valence-corrected chi connectivity index (χ3v) is 3.31. The summed E-state index contributed by atoms with van der Waals surface area (Å²) in [5.41, 5.74) is -2.98. The van der Waals surface area contributed by atoms with Gasteiger partial charge in [0.15, 0.2) is 5.82 Å². The minimum atomic E-state index is -4.68. The second-order valence-corrected chi connectivity index (χ2v) is 5.34. The number of amides is 1. The molecule has 25 heavy (non-hydrogen) atoms. The average molecular weight is 380 g/mol. The van der Waals surface area contributed by atoms with Crippen LogP contribution in [-0.4, -0.2) is 21.2 Å². The van der Waals surface area contributed by atoms with Gasteiger partial charge in [-0.05, 0) is 12.1 Å². The summed E-state index contributed by atoms with van der Waals surface area (Å²) in [5.74, 6) is -1.75. The van der Waals surface area contributed by atoms with Crippen molar-refractivity contribution in [3.05, 3.63) is 62.1 Å². The van der Waals surface area contributed by atoms with E-state index in [1.165, 1.54) is 18.2 Å². The maximum absolute atomic E-state index is 13.7. The van der Waals surface area contributed by atoms with Gasteiger partial charge < -0.3 is 9.88 Å². The van der Waals surface area contributed by atoms with E-state index in [4.69, 9.17) is 11.6 Å². The summed E-state index contributed by atoms with van der Waals surface area (Å²) in [6.45, 7) is -2.31. The van der Waals surface area contributed by atoms with Gasteiger partial charge in [0.25, 0.3) is 0 Å². The Kier molecular flexibility index (Phi) is 5.31. The highest BCUT2D eigenvalue weighted by Gasteiger charge is 2.28. The maximum atomic E-state index is 13.7. The van der Waals surface area contributed by atoms with Crippen LogP contribution in [0.4, 0.5) is 23.2 Å². The van der Waals surface area contributed by atoms with Crippen molar-refractivity contribution in [1.82, 2.24) is 9.13 Å². The summed E-state index contributed by atoms with van der Waals surface area (Å²) in [4.78, 5) is 35.3. The number of rotatable bonds is 4. The molecule has 1 N–H and O–H groups in total. The number of nitrogens with zero attached hydrogens (tertiary/aromatic N) is 2. The number of hydrogen-bond acceptors (Lipinski definition) is 3. The summed E-state index contributed by atoms with van der Waals surface area (Å²) in [6, 6.07) is 3.87. The fourth-order valence-electron chi connectivity index (χ4n) is 1.93. The average Bonchev–Trinajstić information content (AvgIpc) is 2.50. The van der Waals surface area contributed by atoms with Crippen LogP contribution in [0.15, 0.2) is 40.2 Å². The van der Waals surface area contributed by atoms with Crippen molar-refractivity contribution in [3.8, 4) is 0 Å². The van der Waals surface area contributed by atoms with Crippen LogP contribution in [-0.2, 0) is 17.9 Å². The van der Waals surface area contributed by atoms with Crippen LogP contribution < -0.4 is 16.4 Å². The molecule has 1 amide bonds. The van der Waals surface area contributed by atoms with Gasteiger partial charge in [-0.25, -0.2) is 4.39 Å². The summed E-state index contributed by atoms with van der Waals surface area (Å²) < 4.78 is 51.4. The van der Waals surface area contributed by atoms with Crippen LogP contribution in [0.1, 0.15) is 0 Å². The molecule has 11 heteroatoms. The number of anilines is 1. The summed E-state index contributed by atoms with van der Waals surface area (Å²) in [6.07, 6.45) is -3.07. The molecule has 0 aliphatic rings. The molecule has 0 atom stereocenters. The minimum absolute atomic E-state index is 0.188. The predicted molar refractivity (Wildman–Crippen MR) is 81.1 cm³/mol. The molecule has 134 valence electrons. The van der Waals surface area contributed by atoms with Crippen LogP contribution in [0.5, 0.6) is 0 Å². The van der Waals surface area contributed by atoms with E-state index in [2.05, 4.69) is 5.32 Å². The van der Waals surface area contributed by atoms with E-state index in [0.29, 0.717) is 4.57 Å². The molecule has 0 unspecified atom stereocenters. The van der Waals surface area contributed by atoms with Crippen molar-refractivity contribution in [1.29, 1.82) is 0 Å². The molecule has 1 aromatic carbocycles. The number of nitrogens with one attached hydrogen (secondary N) is 1. The second kappa shape index (κ2) is 7.09. The van der Waals surface area contributed by atoms with Crippen molar-refractivity contribution in [2.24, 2.45) is 0 Å². The molecule has 0 aliphatic carbocycles. The highest BCUT2D eigenvalue weighted by Crippen LogP contribution is 2.21. The van der Waals surface area contributed by atoms with Crippen molar-refractivity contribution in [2.45, 2.75) is 19.3 Å². The van der Waals surface area contributed by atoms with Crippen molar-refractivity contribution in [3.63, 3.8) is 0 Å². The first-order valence-electron chi connectivity index (χ1n) is 6.69. The number of aromatic nitrogens is 2. The Morgan fingerprint density at radius 1 is 1.12 bits per heavy atom. The predicted octanol–water partition coefficient (Wildman–Crippen LogP) is 2.00. The Balaban J connectivity index is 2.19. The molecule has 0 spiro atoms. The molecule has 6 nitrogen and oxygen atoms in total. The third-order valence-electron chi connectivity index (χ3n) is 3.02. The number of halogens is 5. The van der Waals surface area contributed by atoms with E-state index in [9.17, 15) is 31.9 Å². The molecular weight excluding hydrogens is 370 g/mol. The molecule has 2 rings (SSSR count). The van der Waals surface area contributed by atoms with Crippen LogP contribution in [0.3, 0.4) is 0 Å². The number of carbonyl (C=O) groups is 1. The van der Waals surface area contributed by atoms with Gasteiger partial charge >= 0.3 is 17.3 Å². The number of alkyl halides is 3. The van der Waals surface area contributed by atoms with Crippen LogP contribution in [0.25, 0.3) is 0 Å². The highest BCUT2D eigenvalue weighted by atomic mass is 35.5. The zero-order valence-electron chi connectivity index (χ0n) is 12.3. The topological polar surface area (TPSA) is 73.1 Å². The lowest BCUT2D eigenvalue weighted by Gasteiger charge is -2.11. The van der Waals surface area contributed by atoms with E-state index < -0.39 is 42.1 Å². The first kappa shape index (κ1) is 18.7. The van der Waals surface area contributed by atoms with Gasteiger partial charge in [0, 0.05) is 12.4 Å². The minimum Gasteiger partial charge on any atom is -0.322 e. The van der Waals surface area contributed by atoms with E-state index in [-0.39, 0.29) is 15.3 Å². The molecule has 0 bridgehead atoms. The molecular formula is C14H10ClF4N3O3. The first-order chi connectivity index (χ1) is 11.6. The quantitative estimate of drug-likeness (QED) is 0.652. The third kappa shape index (κ3) is 4.69. The number of carbonyl (C=O) groups excluding carboxylic acids is 1. The van der Waals surface area contributed by atoms with E-state index in [0.717, 1.165) is 12.4 Å². The highest BCUT2D eigenvalue weighted by molar-refractivity contribution is 6.31. The molecule has 0 aliphatic heterocycles. The van der Waals surface area contributed by atoms with Crippen LogP contribution >= 0.6 is 11.6 Å². The molecule has 0 saturated heterocycles. The lowest BCUT2D eigenvalue weighted by atomic mass is 10.3. The molecule has 1 aromatic heterocycles. The van der Waals surface area contributed by atoms with Gasteiger partial charge in [-0.2, -0.15) is 13.2 Å². The molecule has 1 heterocycles. The Morgan fingerprint density at radius 3 is 2.36 bits per heavy atom. The normalized spacial score (nSPS) is 11.4. The molecule has 2 aromatic rings. The van der Waals surface area contributed by atoms with Gasteiger partial charge in [0.2, 0.25) is 5.91 Å². The SMILES string of the molecule is O=C(Cn1ccn(CC(F)(F)F)c(=O)c1=O)Nc1cccc(Cl)c1F. The van der Waals surface area contributed by atoms with Crippen molar-refractivity contribution >= 4 is 23.2 Å². The Labute approximate surface area is 142 Å². The fourth-order valence-corrected chi connectivity index (χ4v) is 2.10. The summed E-state index contributed by atoms with van der Waals surface area (Å²) >= 11 is 5.56. The van der Waals surface area contributed by atoms with Gasteiger partial charge in [-0.1, -0.05) is 17.7 Å². The van der Waals surface area contributed by atoms with E-state index >= 15 is 0 Å². The molecule has 0 fully saturated rings. The Bertz CT molecular complexity index is 921. The van der Waals surface area contributed by atoms with Gasteiger partial charge in [0.1, 0.15) is 13.1 Å². The van der Waals surface area contributed by atoms with Gasteiger partial charge in [0.05, 0.1) is 10.7 Å². The zero-order valence-corrected chi connectivity index (χ0v) is 13.1. The standard InChI is InChI=1S/C14H10ClF4N3O3/c15-8-2-1-3-9(11(8)16)20-10(23)6-21-4-5-22(7-14(17,18)19)13(25)12(21)24/h1-5H,6-7H2,(H,20,23). The zero-order chi connectivity index (χ0) is 18.8. The fraction of sp³-hybridized carbons (Fsp3) is 0.214. The lowest BCUT2D eigenvalue weighted by molar-refractivity contribution is -0.141. The summed E-state index contributed by atoms with van der Waals surface area (Å²) in [7, 11) is 0. The number of benzene rings is 1. The largest absolute Gasteiger partial charge is 0.406 e. The second-order valence-electron chi connectivity index (χ2n) is 4.93. The van der Waals surface area contributed by atoms with E-state index in [1.807, 2.05) is 0 Å². The Hall–Kier alpha value is -2.62. The smallest absolute Gasteiger partial charge is 0.322 e. The molecule has 0 saturated carbocycles. The van der Waals surface area contributed by atoms with Crippen LogP contribution in [0.2, 0.25) is 5.02 Å². The molecule has 0 radical (unpaired) electrons. The van der Waals surface area contributed by atoms with Crippen molar-refractivity contribution in [2.75, 3.05) is 5.32 Å². The van der Waals surface area contributed by atoms with Crippen molar-refractivity contribution < 1.29 is 22.4 Å². The van der Waals surface area contributed by atoms with Gasteiger partial charge in [-0.3, -0.25) is 19.0 Å². The van der Waals surface area contributed by atoms with E-state index in [1.54, 1.807) is 0 Å². The Morgan fingerprint density at radius 2 is 1.72 bits per heavy atom. The summed E-state index contributed by atoms with van der Waals surface area (Å²) in [5, 5.41) is 1.92.